The van der Waals surface area contributed by atoms with E-state index in [1.807, 2.05) is 0 Å². The van der Waals surface area contributed by atoms with Gasteiger partial charge in [-0.1, -0.05) is 19.8 Å². The summed E-state index contributed by atoms with van der Waals surface area (Å²) in [5.74, 6) is 1.54. The van der Waals surface area contributed by atoms with Gasteiger partial charge in [-0.05, 0) is 13.3 Å². The van der Waals surface area contributed by atoms with Gasteiger partial charge in [0.25, 0.3) is 0 Å². The topological polar surface area (TPSA) is 117 Å². The van der Waals surface area contributed by atoms with Gasteiger partial charge in [0.1, 0.15) is 5.69 Å². The summed E-state index contributed by atoms with van der Waals surface area (Å²) in [4.78, 5) is 19.7. The van der Waals surface area contributed by atoms with Crippen molar-refractivity contribution in [2.24, 2.45) is 0 Å². The van der Waals surface area contributed by atoms with Crippen LogP contribution in [0.4, 0.5) is 23.3 Å². The van der Waals surface area contributed by atoms with Crippen LogP contribution < -0.4 is 27.0 Å². The molecule has 0 unspecified atom stereocenters. The van der Waals surface area contributed by atoms with Crippen molar-refractivity contribution in [1.82, 2.24) is 15.3 Å². The Morgan fingerprint density at radius 3 is 2.86 bits per heavy atom. The van der Waals surface area contributed by atoms with Crippen LogP contribution in [-0.2, 0) is 4.79 Å². The molecule has 8 heteroatoms. The first kappa shape index (κ1) is 16.1. The van der Waals surface area contributed by atoms with E-state index in [0.717, 1.165) is 24.9 Å². The predicted octanol–water partition coefficient (Wildman–Crippen LogP) is 1.35. The molecule has 1 atom stereocenters. The smallest absolute Gasteiger partial charge is 0.224 e. The first-order chi connectivity index (χ1) is 10.4. The standard InChI is InChI=1S/C14H25N7O/c1-4-5-6-14(3,7-16-9(2)22)21-12-10-11(18-8-17-10)19-13(15)20-12/h17H,4-8H2,1-3H3,(H,16,22)(H4,15,18,19,20,21)/t14-/m1/s1. The Kier molecular flexibility index (Phi) is 4.89. The summed E-state index contributed by atoms with van der Waals surface area (Å²) in [6.07, 6.45) is 3.05. The number of nitrogens with one attached hydrogen (secondary N) is 4. The van der Waals surface area contributed by atoms with Gasteiger partial charge in [0.2, 0.25) is 11.9 Å². The number of fused-ring (bicyclic) bond motifs is 1. The Labute approximate surface area is 130 Å². The second-order valence-corrected chi connectivity index (χ2v) is 5.88. The summed E-state index contributed by atoms with van der Waals surface area (Å²) < 4.78 is 0. The molecule has 0 aliphatic carbocycles. The number of carbonyl (C=O) groups excluding carboxylic acids is 1. The highest BCUT2D eigenvalue weighted by Crippen LogP contribution is 2.33. The number of unbranched alkanes of at least 4 members (excludes halogenated alkanes) is 1. The molecule has 0 radical (unpaired) electrons. The molecule has 0 spiro atoms. The molecule has 1 aromatic rings. The molecule has 2 rings (SSSR count). The fourth-order valence-electron chi connectivity index (χ4n) is 2.45. The van der Waals surface area contributed by atoms with E-state index in [4.69, 9.17) is 5.73 Å². The summed E-state index contributed by atoms with van der Waals surface area (Å²) in [7, 11) is 0. The van der Waals surface area contributed by atoms with Gasteiger partial charge in [-0.2, -0.15) is 9.97 Å². The monoisotopic (exact) mass is 307 g/mol. The zero-order valence-electron chi connectivity index (χ0n) is 13.4. The fraction of sp³-hybridized carbons (Fsp3) is 0.643. The van der Waals surface area contributed by atoms with E-state index >= 15 is 0 Å². The summed E-state index contributed by atoms with van der Waals surface area (Å²) in [6.45, 7) is 6.86. The lowest BCUT2D eigenvalue weighted by Gasteiger charge is -2.32. The van der Waals surface area contributed by atoms with Crippen LogP contribution in [0.25, 0.3) is 0 Å². The van der Waals surface area contributed by atoms with Gasteiger partial charge in [0.15, 0.2) is 11.6 Å². The van der Waals surface area contributed by atoms with Crippen molar-refractivity contribution in [1.29, 1.82) is 0 Å². The van der Waals surface area contributed by atoms with Crippen molar-refractivity contribution in [2.45, 2.75) is 45.6 Å². The average molecular weight is 307 g/mol. The minimum atomic E-state index is -0.305. The molecule has 22 heavy (non-hydrogen) atoms. The zero-order chi connectivity index (χ0) is 16.2. The number of hydrogen-bond donors (Lipinski definition) is 5. The minimum Gasteiger partial charge on any atom is -0.368 e. The maximum Gasteiger partial charge on any atom is 0.224 e. The molecule has 1 amide bonds. The molecule has 6 N–H and O–H groups in total. The van der Waals surface area contributed by atoms with Crippen LogP contribution >= 0.6 is 0 Å². The Morgan fingerprint density at radius 2 is 2.18 bits per heavy atom. The van der Waals surface area contributed by atoms with E-state index in [0.29, 0.717) is 24.8 Å². The normalized spacial score (nSPS) is 15.2. The first-order valence-electron chi connectivity index (χ1n) is 7.61. The lowest BCUT2D eigenvalue weighted by atomic mass is 9.94. The molecule has 0 aromatic carbocycles. The number of nitrogen functional groups attached to an aromatic ring is 1. The molecule has 1 aromatic heterocycles. The van der Waals surface area contributed by atoms with Crippen molar-refractivity contribution in [3.05, 3.63) is 0 Å². The van der Waals surface area contributed by atoms with Crippen molar-refractivity contribution >= 4 is 29.2 Å². The molecule has 0 saturated heterocycles. The highest BCUT2D eigenvalue weighted by molar-refractivity contribution is 5.82. The minimum absolute atomic E-state index is 0.0447. The van der Waals surface area contributed by atoms with Gasteiger partial charge >= 0.3 is 0 Å². The van der Waals surface area contributed by atoms with Crippen LogP contribution in [0.15, 0.2) is 0 Å². The Balaban J connectivity index is 2.21. The van der Waals surface area contributed by atoms with Crippen molar-refractivity contribution in [3.63, 3.8) is 0 Å². The van der Waals surface area contributed by atoms with Crippen LogP contribution in [0.5, 0.6) is 0 Å². The highest BCUT2D eigenvalue weighted by atomic mass is 16.1. The Hall–Kier alpha value is -2.25. The number of nitrogens with two attached hydrogens (primary N) is 1. The van der Waals surface area contributed by atoms with Crippen molar-refractivity contribution < 1.29 is 4.79 Å². The van der Waals surface area contributed by atoms with Crippen LogP contribution in [0.3, 0.4) is 0 Å². The summed E-state index contributed by atoms with van der Waals surface area (Å²) >= 11 is 0. The van der Waals surface area contributed by atoms with Gasteiger partial charge in [-0.15, -0.1) is 0 Å². The summed E-state index contributed by atoms with van der Waals surface area (Å²) in [5.41, 5.74) is 6.29. The zero-order valence-corrected chi connectivity index (χ0v) is 13.4. The maximum atomic E-state index is 11.3. The second-order valence-electron chi connectivity index (χ2n) is 5.88. The number of anilines is 4. The highest BCUT2D eigenvalue weighted by Gasteiger charge is 2.28. The van der Waals surface area contributed by atoms with Gasteiger partial charge in [-0.3, -0.25) is 4.79 Å². The summed E-state index contributed by atoms with van der Waals surface area (Å²) in [5, 5.41) is 12.6. The molecule has 2 heterocycles. The predicted molar refractivity (Wildman–Crippen MR) is 88.8 cm³/mol. The second kappa shape index (κ2) is 6.67. The molecular formula is C14H25N7O. The van der Waals surface area contributed by atoms with Crippen molar-refractivity contribution in [2.75, 3.05) is 34.9 Å². The number of nitrogens with zero attached hydrogens (tertiary/aromatic N) is 2. The van der Waals surface area contributed by atoms with E-state index < -0.39 is 0 Å². The van der Waals surface area contributed by atoms with Gasteiger partial charge in [0.05, 0.1) is 12.2 Å². The quantitative estimate of drug-likeness (QED) is 0.516. The molecule has 122 valence electrons. The first-order valence-corrected chi connectivity index (χ1v) is 7.61. The van der Waals surface area contributed by atoms with E-state index in [9.17, 15) is 4.79 Å². The Morgan fingerprint density at radius 1 is 1.41 bits per heavy atom. The summed E-state index contributed by atoms with van der Waals surface area (Å²) in [6, 6.07) is 0. The van der Waals surface area contributed by atoms with E-state index in [-0.39, 0.29) is 17.4 Å². The molecule has 8 nitrogen and oxygen atoms in total. The van der Waals surface area contributed by atoms with Gasteiger partial charge in [0, 0.05) is 13.5 Å². The number of carbonyl (C=O) groups is 1. The maximum absolute atomic E-state index is 11.3. The third kappa shape index (κ3) is 3.90. The third-order valence-electron chi connectivity index (χ3n) is 3.68. The molecule has 1 aliphatic heterocycles. The molecular weight excluding hydrogens is 282 g/mol. The van der Waals surface area contributed by atoms with Crippen LogP contribution in [0.2, 0.25) is 0 Å². The lowest BCUT2D eigenvalue weighted by molar-refractivity contribution is -0.119. The lowest BCUT2D eigenvalue weighted by Crippen LogP contribution is -2.46. The van der Waals surface area contributed by atoms with E-state index in [1.165, 1.54) is 6.92 Å². The molecule has 0 bridgehead atoms. The van der Waals surface area contributed by atoms with E-state index in [2.05, 4.69) is 45.1 Å². The molecule has 0 saturated carbocycles. The number of rotatable bonds is 7. The SMILES string of the molecule is CCCC[C@](C)(CNC(C)=O)Nc1nc(N)nc2c1NCN2. The van der Waals surface area contributed by atoms with Crippen LogP contribution in [-0.4, -0.2) is 34.6 Å². The third-order valence-corrected chi connectivity index (χ3v) is 3.68. The van der Waals surface area contributed by atoms with E-state index in [1.54, 1.807) is 0 Å². The largest absolute Gasteiger partial charge is 0.368 e. The average Bonchev–Trinajstić information content (AvgIpc) is 2.91. The molecule has 0 fully saturated rings. The number of amides is 1. The number of hydrogen-bond acceptors (Lipinski definition) is 7. The fourth-order valence-corrected chi connectivity index (χ4v) is 2.45. The van der Waals surface area contributed by atoms with Crippen molar-refractivity contribution in [3.8, 4) is 0 Å². The van der Waals surface area contributed by atoms with Crippen LogP contribution in [0, 0.1) is 0 Å². The molecule has 1 aliphatic rings. The van der Waals surface area contributed by atoms with Crippen LogP contribution in [0.1, 0.15) is 40.0 Å². The number of aromatic nitrogens is 2. The van der Waals surface area contributed by atoms with Gasteiger partial charge in [-0.25, -0.2) is 0 Å². The van der Waals surface area contributed by atoms with Gasteiger partial charge < -0.3 is 27.0 Å². The Bertz CT molecular complexity index is 548.